The second-order valence-electron chi connectivity index (χ2n) is 6.27. The highest BCUT2D eigenvalue weighted by Crippen LogP contribution is 2.23. The molecule has 0 unspecified atom stereocenters. The molecular formula is C18H18N4O5S2. The van der Waals surface area contributed by atoms with Crippen LogP contribution in [-0.4, -0.2) is 42.2 Å². The quantitative estimate of drug-likeness (QED) is 0.452. The SMILES string of the molecule is CCn1c(=NC(=O)c2ccc(S(=O)(=O)N(C)C)cc2)sc2ccc([N+](=O)[O-])cc21. The molecule has 0 saturated heterocycles. The summed E-state index contributed by atoms with van der Waals surface area (Å²) in [6, 6.07) is 10.1. The van der Waals surface area contributed by atoms with Crippen LogP contribution in [0, 0.1) is 10.1 Å². The number of aromatic nitrogens is 1. The zero-order valence-electron chi connectivity index (χ0n) is 15.9. The van der Waals surface area contributed by atoms with Crippen LogP contribution in [0.25, 0.3) is 10.2 Å². The van der Waals surface area contributed by atoms with Gasteiger partial charge in [-0.1, -0.05) is 11.3 Å². The number of carbonyl (C=O) groups is 1. The summed E-state index contributed by atoms with van der Waals surface area (Å²) in [6.07, 6.45) is 0. The molecule has 11 heteroatoms. The predicted octanol–water partition coefficient (Wildman–Crippen LogP) is 2.62. The summed E-state index contributed by atoms with van der Waals surface area (Å²) in [6.45, 7) is 2.34. The first-order valence-corrected chi connectivity index (χ1v) is 10.8. The highest BCUT2D eigenvalue weighted by Gasteiger charge is 2.18. The fourth-order valence-electron chi connectivity index (χ4n) is 2.69. The summed E-state index contributed by atoms with van der Waals surface area (Å²) in [4.78, 5) is 27.8. The van der Waals surface area contributed by atoms with E-state index in [9.17, 15) is 23.3 Å². The second-order valence-corrected chi connectivity index (χ2v) is 9.43. The molecule has 0 saturated carbocycles. The first-order chi connectivity index (χ1) is 13.6. The molecule has 0 spiro atoms. The maximum Gasteiger partial charge on any atom is 0.279 e. The molecule has 9 nitrogen and oxygen atoms in total. The number of hydrogen-bond acceptors (Lipinski definition) is 6. The van der Waals surface area contributed by atoms with E-state index in [-0.39, 0.29) is 16.1 Å². The van der Waals surface area contributed by atoms with Crippen molar-refractivity contribution >= 4 is 43.2 Å². The minimum atomic E-state index is -3.58. The number of carbonyl (C=O) groups excluding carboxylic acids is 1. The summed E-state index contributed by atoms with van der Waals surface area (Å²) in [5.74, 6) is -0.526. The first-order valence-electron chi connectivity index (χ1n) is 8.54. The lowest BCUT2D eigenvalue weighted by atomic mass is 10.2. The van der Waals surface area contributed by atoms with Crippen LogP contribution in [0.15, 0.2) is 52.4 Å². The lowest BCUT2D eigenvalue weighted by molar-refractivity contribution is -0.384. The predicted molar refractivity (Wildman–Crippen MR) is 109 cm³/mol. The van der Waals surface area contributed by atoms with Crippen LogP contribution in [0.1, 0.15) is 17.3 Å². The monoisotopic (exact) mass is 434 g/mol. The molecule has 0 N–H and O–H groups in total. The van der Waals surface area contributed by atoms with E-state index in [1.165, 1.54) is 61.8 Å². The Labute approximate surface area is 170 Å². The topological polar surface area (TPSA) is 115 Å². The van der Waals surface area contributed by atoms with Crippen LogP contribution in [0.3, 0.4) is 0 Å². The molecule has 2 aromatic carbocycles. The molecule has 1 amide bonds. The molecule has 0 bridgehead atoms. The normalized spacial score (nSPS) is 12.6. The maximum absolute atomic E-state index is 12.6. The molecular weight excluding hydrogens is 416 g/mol. The van der Waals surface area contributed by atoms with Crippen molar-refractivity contribution in [3.8, 4) is 0 Å². The Bertz CT molecular complexity index is 1270. The fraction of sp³-hybridized carbons (Fsp3) is 0.222. The van der Waals surface area contributed by atoms with Gasteiger partial charge in [-0.05, 0) is 37.3 Å². The summed E-state index contributed by atoms with van der Waals surface area (Å²) >= 11 is 1.25. The number of non-ortho nitro benzene ring substituents is 1. The van der Waals surface area contributed by atoms with Gasteiger partial charge in [-0.15, -0.1) is 0 Å². The van der Waals surface area contributed by atoms with Crippen molar-refractivity contribution in [2.45, 2.75) is 18.4 Å². The number of rotatable bonds is 5. The van der Waals surface area contributed by atoms with Crippen LogP contribution in [0.2, 0.25) is 0 Å². The highest BCUT2D eigenvalue weighted by atomic mass is 32.2. The minimum Gasteiger partial charge on any atom is -0.316 e. The number of fused-ring (bicyclic) bond motifs is 1. The van der Waals surface area contributed by atoms with Gasteiger partial charge in [0.1, 0.15) is 0 Å². The number of hydrogen-bond donors (Lipinski definition) is 0. The van der Waals surface area contributed by atoms with E-state index >= 15 is 0 Å². The zero-order valence-corrected chi connectivity index (χ0v) is 17.5. The van der Waals surface area contributed by atoms with Gasteiger partial charge in [0.05, 0.1) is 20.0 Å². The molecule has 3 aromatic rings. The number of nitro benzene ring substituents is 1. The van der Waals surface area contributed by atoms with Gasteiger partial charge < -0.3 is 4.57 Å². The third-order valence-electron chi connectivity index (χ3n) is 4.27. The Hall–Kier alpha value is -2.89. The van der Waals surface area contributed by atoms with Gasteiger partial charge in [-0.3, -0.25) is 14.9 Å². The van der Waals surface area contributed by atoms with E-state index in [1.54, 1.807) is 10.6 Å². The van der Waals surface area contributed by atoms with E-state index < -0.39 is 20.9 Å². The molecule has 1 aromatic heterocycles. The van der Waals surface area contributed by atoms with Gasteiger partial charge in [0.15, 0.2) is 4.80 Å². The van der Waals surface area contributed by atoms with Crippen molar-refractivity contribution in [3.05, 3.63) is 62.9 Å². The van der Waals surface area contributed by atoms with Crippen molar-refractivity contribution < 1.29 is 18.1 Å². The van der Waals surface area contributed by atoms with E-state index in [0.717, 1.165) is 9.01 Å². The van der Waals surface area contributed by atoms with Gasteiger partial charge in [-0.25, -0.2) is 12.7 Å². The van der Waals surface area contributed by atoms with Crippen LogP contribution in [0.5, 0.6) is 0 Å². The average molecular weight is 434 g/mol. The fourth-order valence-corrected chi connectivity index (χ4v) is 4.67. The second kappa shape index (κ2) is 7.85. The van der Waals surface area contributed by atoms with Crippen molar-refractivity contribution in [1.29, 1.82) is 0 Å². The lowest BCUT2D eigenvalue weighted by Gasteiger charge is -2.11. The van der Waals surface area contributed by atoms with Crippen molar-refractivity contribution in [3.63, 3.8) is 0 Å². The van der Waals surface area contributed by atoms with E-state index in [0.29, 0.717) is 16.9 Å². The summed E-state index contributed by atoms with van der Waals surface area (Å²) < 4.78 is 27.9. The van der Waals surface area contributed by atoms with Gasteiger partial charge >= 0.3 is 0 Å². The molecule has 152 valence electrons. The third-order valence-corrected chi connectivity index (χ3v) is 7.16. The Morgan fingerprint density at radius 2 is 1.86 bits per heavy atom. The molecule has 3 rings (SSSR count). The minimum absolute atomic E-state index is 0.0342. The van der Waals surface area contributed by atoms with Gasteiger partial charge in [0, 0.05) is 38.3 Å². The molecule has 0 atom stereocenters. The summed E-state index contributed by atoms with van der Waals surface area (Å²) in [5.41, 5.74) is 0.840. The Kier molecular flexibility index (Phi) is 5.64. The Morgan fingerprint density at radius 1 is 1.21 bits per heavy atom. The number of nitrogens with zero attached hydrogens (tertiary/aromatic N) is 4. The lowest BCUT2D eigenvalue weighted by Crippen LogP contribution is -2.22. The van der Waals surface area contributed by atoms with E-state index in [1.807, 2.05) is 6.92 Å². The highest BCUT2D eigenvalue weighted by molar-refractivity contribution is 7.89. The van der Waals surface area contributed by atoms with Crippen LogP contribution < -0.4 is 4.80 Å². The number of sulfonamides is 1. The smallest absolute Gasteiger partial charge is 0.279 e. The zero-order chi connectivity index (χ0) is 21.3. The first kappa shape index (κ1) is 20.8. The number of thiazole rings is 1. The van der Waals surface area contributed by atoms with Crippen LogP contribution >= 0.6 is 11.3 Å². The number of nitro groups is 1. The molecule has 0 radical (unpaired) electrons. The van der Waals surface area contributed by atoms with Gasteiger partial charge in [0.2, 0.25) is 10.0 Å². The Balaban J connectivity index is 2.03. The number of aryl methyl sites for hydroxylation is 1. The van der Waals surface area contributed by atoms with E-state index in [2.05, 4.69) is 4.99 Å². The molecule has 0 fully saturated rings. The van der Waals surface area contributed by atoms with Crippen LogP contribution in [-0.2, 0) is 16.6 Å². The van der Waals surface area contributed by atoms with Crippen molar-refractivity contribution in [1.82, 2.24) is 8.87 Å². The summed E-state index contributed by atoms with van der Waals surface area (Å²) in [5, 5.41) is 11.0. The summed E-state index contributed by atoms with van der Waals surface area (Å²) in [7, 11) is -0.724. The van der Waals surface area contributed by atoms with E-state index in [4.69, 9.17) is 0 Å². The van der Waals surface area contributed by atoms with Crippen molar-refractivity contribution in [2.75, 3.05) is 14.1 Å². The van der Waals surface area contributed by atoms with Crippen molar-refractivity contribution in [2.24, 2.45) is 4.99 Å². The number of benzene rings is 2. The van der Waals surface area contributed by atoms with Gasteiger partial charge in [0.25, 0.3) is 11.6 Å². The molecule has 0 aliphatic rings. The van der Waals surface area contributed by atoms with Crippen LogP contribution in [0.4, 0.5) is 5.69 Å². The molecule has 0 aliphatic heterocycles. The molecule has 29 heavy (non-hydrogen) atoms. The van der Waals surface area contributed by atoms with Gasteiger partial charge in [-0.2, -0.15) is 4.99 Å². The Morgan fingerprint density at radius 3 is 2.41 bits per heavy atom. The largest absolute Gasteiger partial charge is 0.316 e. The molecule has 1 heterocycles. The maximum atomic E-state index is 12.6. The number of amides is 1. The molecule has 0 aliphatic carbocycles. The standard InChI is InChI=1S/C18H18N4O5S2/c1-4-21-15-11-13(22(24)25)7-10-16(15)28-18(21)19-17(23)12-5-8-14(9-6-12)29(26,27)20(2)3/h5-11H,4H2,1-3H3. The average Bonchev–Trinajstić information content (AvgIpc) is 3.03. The third kappa shape index (κ3) is 3.97.